The van der Waals surface area contributed by atoms with Gasteiger partial charge in [-0.3, -0.25) is 0 Å². The largest absolute Gasteiger partial charge is 0.413 e. The Morgan fingerprint density at radius 3 is 2.14 bits per heavy atom. The molecule has 0 rings (SSSR count). The molecule has 0 spiro atoms. The zero-order valence-corrected chi connectivity index (χ0v) is 13.4. The Bertz CT molecular complexity index is 204. The maximum absolute atomic E-state index is 6.10. The van der Waals surface area contributed by atoms with Gasteiger partial charge < -0.3 is 4.43 Å². The molecule has 0 fully saturated rings. The fourth-order valence-electron chi connectivity index (χ4n) is 0.700. The fourth-order valence-corrected chi connectivity index (χ4v) is 2.30. The SMILES string of the molecule is CC/C(=C\I)CO[Si](C)(C)C(C)(C)C. The Kier molecular flexibility index (Phi) is 5.92. The number of halogens is 1. The van der Waals surface area contributed by atoms with Crippen LogP contribution < -0.4 is 0 Å². The van der Waals surface area contributed by atoms with E-state index < -0.39 is 8.32 Å². The molecule has 0 bridgehead atoms. The maximum Gasteiger partial charge on any atom is 0.192 e. The van der Waals surface area contributed by atoms with Crippen LogP contribution in [0.5, 0.6) is 0 Å². The lowest BCUT2D eigenvalue weighted by molar-refractivity contribution is 0.316. The molecular weight excluding hydrogens is 303 g/mol. The Hall–Kier alpha value is 0.647. The van der Waals surface area contributed by atoms with E-state index >= 15 is 0 Å². The van der Waals surface area contributed by atoms with Crippen LogP contribution in [0.25, 0.3) is 0 Å². The van der Waals surface area contributed by atoms with E-state index in [1.54, 1.807) is 0 Å². The van der Waals surface area contributed by atoms with Gasteiger partial charge in [0.05, 0.1) is 6.61 Å². The van der Waals surface area contributed by atoms with E-state index in [0.717, 1.165) is 13.0 Å². The molecular formula is C11H23IOSi. The van der Waals surface area contributed by atoms with Gasteiger partial charge in [-0.2, -0.15) is 0 Å². The van der Waals surface area contributed by atoms with Gasteiger partial charge in [-0.25, -0.2) is 0 Å². The van der Waals surface area contributed by atoms with Crippen molar-refractivity contribution in [2.45, 2.75) is 52.2 Å². The average molecular weight is 326 g/mol. The third-order valence-electron chi connectivity index (χ3n) is 3.03. The van der Waals surface area contributed by atoms with Crippen molar-refractivity contribution in [1.82, 2.24) is 0 Å². The van der Waals surface area contributed by atoms with Crippen LogP contribution in [0.2, 0.25) is 18.1 Å². The molecule has 0 radical (unpaired) electrons. The molecule has 14 heavy (non-hydrogen) atoms. The molecule has 0 saturated heterocycles. The maximum atomic E-state index is 6.10. The molecule has 84 valence electrons. The Balaban J connectivity index is 4.26. The summed E-state index contributed by atoms with van der Waals surface area (Å²) in [5.74, 6) is 0. The van der Waals surface area contributed by atoms with Crippen molar-refractivity contribution in [2.24, 2.45) is 0 Å². The zero-order chi connectivity index (χ0) is 11.4. The average Bonchev–Trinajstić information content (AvgIpc) is 2.04. The summed E-state index contributed by atoms with van der Waals surface area (Å²) in [5, 5.41) is 0.317. The molecule has 0 atom stereocenters. The molecule has 0 aromatic carbocycles. The third-order valence-corrected chi connectivity index (χ3v) is 8.39. The molecule has 3 heteroatoms. The molecule has 0 aliphatic rings. The molecule has 0 aliphatic heterocycles. The third kappa shape index (κ3) is 4.44. The summed E-state index contributed by atoms with van der Waals surface area (Å²) in [5.41, 5.74) is 1.40. The van der Waals surface area contributed by atoms with Crippen LogP contribution in [-0.4, -0.2) is 14.9 Å². The molecule has 0 unspecified atom stereocenters. The predicted molar refractivity (Wildman–Crippen MR) is 75.5 cm³/mol. The summed E-state index contributed by atoms with van der Waals surface area (Å²) in [6.45, 7) is 14.4. The summed E-state index contributed by atoms with van der Waals surface area (Å²) in [6.07, 6.45) is 1.09. The second-order valence-electron chi connectivity index (χ2n) is 5.17. The van der Waals surface area contributed by atoms with Crippen molar-refractivity contribution in [1.29, 1.82) is 0 Å². The number of hydrogen-bond acceptors (Lipinski definition) is 1. The van der Waals surface area contributed by atoms with Gasteiger partial charge >= 0.3 is 0 Å². The van der Waals surface area contributed by atoms with Crippen LogP contribution in [-0.2, 0) is 4.43 Å². The first-order valence-corrected chi connectivity index (χ1v) is 9.32. The number of hydrogen-bond donors (Lipinski definition) is 0. The van der Waals surface area contributed by atoms with Crippen LogP contribution in [0.1, 0.15) is 34.1 Å². The minimum Gasteiger partial charge on any atom is -0.413 e. The smallest absolute Gasteiger partial charge is 0.192 e. The van der Waals surface area contributed by atoms with Gasteiger partial charge in [0.25, 0.3) is 0 Å². The molecule has 0 N–H and O–H groups in total. The molecule has 0 amide bonds. The summed E-state index contributed by atoms with van der Waals surface area (Å²) >= 11 is 2.30. The Labute approximate surface area is 104 Å². The molecule has 0 heterocycles. The topological polar surface area (TPSA) is 9.23 Å². The zero-order valence-electron chi connectivity index (χ0n) is 10.3. The molecule has 0 aromatic rings. The van der Waals surface area contributed by atoms with Gasteiger partial charge in [-0.1, -0.05) is 50.3 Å². The van der Waals surface area contributed by atoms with E-state index in [0.29, 0.717) is 5.04 Å². The van der Waals surface area contributed by atoms with Crippen molar-refractivity contribution in [3.63, 3.8) is 0 Å². The van der Waals surface area contributed by atoms with Gasteiger partial charge in [0.2, 0.25) is 0 Å². The van der Waals surface area contributed by atoms with Gasteiger partial charge in [0, 0.05) is 0 Å². The van der Waals surface area contributed by atoms with E-state index in [1.165, 1.54) is 5.57 Å². The minimum absolute atomic E-state index is 0.317. The Morgan fingerprint density at radius 1 is 1.36 bits per heavy atom. The van der Waals surface area contributed by atoms with E-state index in [4.69, 9.17) is 4.43 Å². The van der Waals surface area contributed by atoms with Crippen LogP contribution in [0.3, 0.4) is 0 Å². The molecule has 0 saturated carbocycles. The molecule has 0 aromatic heterocycles. The second-order valence-corrected chi connectivity index (χ2v) is 10.6. The standard InChI is InChI=1S/C11H23IOSi/c1-7-10(8-12)9-13-14(5,6)11(2,3)4/h8H,7,9H2,1-6H3/b10-8+. The van der Waals surface area contributed by atoms with E-state index in [2.05, 4.69) is 67.5 Å². The number of rotatable bonds is 4. The van der Waals surface area contributed by atoms with Crippen LogP contribution >= 0.6 is 22.6 Å². The lowest BCUT2D eigenvalue weighted by atomic mass is 10.2. The summed E-state index contributed by atoms with van der Waals surface area (Å²) in [7, 11) is -1.54. The van der Waals surface area contributed by atoms with Gasteiger partial charge in [-0.05, 0) is 34.2 Å². The molecule has 1 nitrogen and oxygen atoms in total. The Morgan fingerprint density at radius 2 is 1.86 bits per heavy atom. The highest BCUT2D eigenvalue weighted by molar-refractivity contribution is 14.1. The summed E-state index contributed by atoms with van der Waals surface area (Å²) in [6, 6.07) is 0. The highest BCUT2D eigenvalue weighted by Gasteiger charge is 2.36. The van der Waals surface area contributed by atoms with E-state index in [9.17, 15) is 0 Å². The summed E-state index contributed by atoms with van der Waals surface area (Å²) < 4.78 is 8.25. The van der Waals surface area contributed by atoms with Gasteiger partial charge in [-0.15, -0.1) is 0 Å². The first-order valence-electron chi connectivity index (χ1n) is 5.16. The van der Waals surface area contributed by atoms with Crippen LogP contribution in [0, 0.1) is 0 Å². The lowest BCUT2D eigenvalue weighted by Crippen LogP contribution is -2.41. The van der Waals surface area contributed by atoms with Crippen LogP contribution in [0.15, 0.2) is 9.66 Å². The highest BCUT2D eigenvalue weighted by atomic mass is 127. The van der Waals surface area contributed by atoms with Crippen molar-refractivity contribution in [3.8, 4) is 0 Å². The van der Waals surface area contributed by atoms with Crippen molar-refractivity contribution >= 4 is 30.9 Å². The first-order chi connectivity index (χ1) is 6.24. The van der Waals surface area contributed by atoms with E-state index in [1.807, 2.05) is 0 Å². The van der Waals surface area contributed by atoms with Crippen molar-refractivity contribution in [2.75, 3.05) is 6.61 Å². The van der Waals surface area contributed by atoms with Crippen molar-refractivity contribution in [3.05, 3.63) is 9.66 Å². The normalized spacial score (nSPS) is 14.6. The van der Waals surface area contributed by atoms with Crippen molar-refractivity contribution < 1.29 is 4.43 Å². The monoisotopic (exact) mass is 326 g/mol. The van der Waals surface area contributed by atoms with Gasteiger partial charge in [0.1, 0.15) is 0 Å². The quantitative estimate of drug-likeness (QED) is 0.536. The lowest BCUT2D eigenvalue weighted by Gasteiger charge is -2.36. The highest BCUT2D eigenvalue weighted by Crippen LogP contribution is 2.36. The summed E-state index contributed by atoms with van der Waals surface area (Å²) in [4.78, 5) is 0. The van der Waals surface area contributed by atoms with E-state index in [-0.39, 0.29) is 0 Å². The minimum atomic E-state index is -1.54. The first kappa shape index (κ1) is 14.6. The second kappa shape index (κ2) is 5.65. The van der Waals surface area contributed by atoms with Crippen LogP contribution in [0.4, 0.5) is 0 Å². The fraction of sp³-hybridized carbons (Fsp3) is 0.818. The predicted octanol–water partition coefficient (Wildman–Crippen LogP) is 4.74. The van der Waals surface area contributed by atoms with Gasteiger partial charge in [0.15, 0.2) is 8.32 Å². The molecule has 0 aliphatic carbocycles.